The van der Waals surface area contributed by atoms with Gasteiger partial charge in [-0.25, -0.2) is 0 Å². The third kappa shape index (κ3) is 3.00. The fraction of sp³-hybridized carbons (Fsp3) is 0.933. The lowest BCUT2D eigenvalue weighted by Crippen LogP contribution is -2.58. The Hall–Kier alpha value is -0.650. The van der Waals surface area contributed by atoms with Crippen LogP contribution in [0.4, 0.5) is 0 Å². The maximum Gasteiger partial charge on any atom is 0.239 e. The lowest BCUT2D eigenvalue weighted by molar-refractivity contribution is -0.143. The van der Waals surface area contributed by atoms with E-state index in [1.807, 2.05) is 4.90 Å². The fourth-order valence-corrected chi connectivity index (χ4v) is 3.94. The van der Waals surface area contributed by atoms with E-state index in [-0.39, 0.29) is 24.7 Å². The van der Waals surface area contributed by atoms with Gasteiger partial charge in [-0.3, -0.25) is 4.79 Å². The molecule has 0 spiro atoms. The number of rotatable bonds is 2. The Morgan fingerprint density at radius 3 is 2.95 bits per heavy atom. The van der Waals surface area contributed by atoms with Gasteiger partial charge < -0.3 is 20.1 Å². The first kappa shape index (κ1) is 14.3. The Bertz CT molecular complexity index is 350. The molecule has 4 atom stereocenters. The van der Waals surface area contributed by atoms with Crippen molar-refractivity contribution < 1.29 is 14.6 Å². The number of aliphatic hydroxyl groups excluding tert-OH is 1. The zero-order chi connectivity index (χ0) is 13.9. The molecule has 0 radical (unpaired) electrons. The second kappa shape index (κ2) is 6.41. The maximum atomic E-state index is 12.6. The molecule has 1 amide bonds. The summed E-state index contributed by atoms with van der Waals surface area (Å²) in [6.07, 6.45) is 7.11. The van der Waals surface area contributed by atoms with Gasteiger partial charge in [0.1, 0.15) is 0 Å². The molecule has 5 nitrogen and oxygen atoms in total. The van der Waals surface area contributed by atoms with Crippen LogP contribution in [-0.2, 0) is 9.53 Å². The first-order valence-corrected chi connectivity index (χ1v) is 8.05. The van der Waals surface area contributed by atoms with Crippen LogP contribution >= 0.6 is 0 Å². The standard InChI is InChI=1S/C15H26N2O3/c18-10-12-9-17(7-8-20-12)15(19)14-6-5-11-3-1-2-4-13(11)16-14/h11-14,16,18H,1-10H2. The Morgan fingerprint density at radius 1 is 1.25 bits per heavy atom. The summed E-state index contributed by atoms with van der Waals surface area (Å²) in [7, 11) is 0. The van der Waals surface area contributed by atoms with E-state index in [0.29, 0.717) is 25.7 Å². The van der Waals surface area contributed by atoms with E-state index in [1.54, 1.807) is 0 Å². The number of aliphatic hydroxyl groups is 1. The van der Waals surface area contributed by atoms with Gasteiger partial charge in [0.05, 0.1) is 25.4 Å². The van der Waals surface area contributed by atoms with Crippen LogP contribution < -0.4 is 5.32 Å². The van der Waals surface area contributed by atoms with Crippen molar-refractivity contribution in [3.05, 3.63) is 0 Å². The summed E-state index contributed by atoms with van der Waals surface area (Å²) in [6, 6.07) is 0.521. The molecule has 114 valence electrons. The van der Waals surface area contributed by atoms with Gasteiger partial charge in [0.25, 0.3) is 0 Å². The Morgan fingerprint density at radius 2 is 2.10 bits per heavy atom. The molecular weight excluding hydrogens is 256 g/mol. The number of piperidine rings is 1. The lowest BCUT2D eigenvalue weighted by Gasteiger charge is -2.42. The Balaban J connectivity index is 1.57. The molecule has 0 aromatic heterocycles. The van der Waals surface area contributed by atoms with Gasteiger partial charge in [0, 0.05) is 19.1 Å². The largest absolute Gasteiger partial charge is 0.394 e. The van der Waals surface area contributed by atoms with Gasteiger partial charge in [-0.2, -0.15) is 0 Å². The molecule has 20 heavy (non-hydrogen) atoms. The molecule has 5 heteroatoms. The van der Waals surface area contributed by atoms with Crippen molar-refractivity contribution >= 4 is 5.91 Å². The molecule has 3 fully saturated rings. The number of nitrogens with one attached hydrogen (secondary N) is 1. The van der Waals surface area contributed by atoms with Crippen molar-refractivity contribution in [2.24, 2.45) is 5.92 Å². The quantitative estimate of drug-likeness (QED) is 0.775. The van der Waals surface area contributed by atoms with Gasteiger partial charge >= 0.3 is 0 Å². The number of amides is 1. The number of fused-ring (bicyclic) bond motifs is 1. The van der Waals surface area contributed by atoms with E-state index < -0.39 is 0 Å². The maximum absolute atomic E-state index is 12.6. The van der Waals surface area contributed by atoms with Gasteiger partial charge in [-0.15, -0.1) is 0 Å². The van der Waals surface area contributed by atoms with Gasteiger partial charge in [0.2, 0.25) is 5.91 Å². The number of carbonyl (C=O) groups excluding carboxylic acids is 1. The van der Waals surface area contributed by atoms with Crippen LogP contribution in [0, 0.1) is 5.92 Å². The molecule has 0 aromatic carbocycles. The number of hydrogen-bond donors (Lipinski definition) is 2. The summed E-state index contributed by atoms with van der Waals surface area (Å²) < 4.78 is 5.42. The monoisotopic (exact) mass is 282 g/mol. The van der Waals surface area contributed by atoms with Crippen molar-refractivity contribution in [3.8, 4) is 0 Å². The topological polar surface area (TPSA) is 61.8 Å². The highest BCUT2D eigenvalue weighted by molar-refractivity contribution is 5.82. The van der Waals surface area contributed by atoms with Crippen LogP contribution in [0.2, 0.25) is 0 Å². The molecule has 0 aromatic rings. The second-order valence-electron chi connectivity index (χ2n) is 6.41. The first-order chi connectivity index (χ1) is 9.78. The van der Waals surface area contributed by atoms with Crippen molar-refractivity contribution in [2.45, 2.75) is 56.7 Å². The van der Waals surface area contributed by atoms with Gasteiger partial charge in [-0.1, -0.05) is 12.8 Å². The van der Waals surface area contributed by atoms with Gasteiger partial charge in [0.15, 0.2) is 0 Å². The zero-order valence-electron chi connectivity index (χ0n) is 12.1. The molecule has 4 unspecified atom stereocenters. The SMILES string of the molecule is O=C(C1CCC2CCCCC2N1)N1CCOC(CO)C1. The number of nitrogens with zero attached hydrogens (tertiary/aromatic N) is 1. The number of carbonyl (C=O) groups is 1. The van der Waals surface area contributed by atoms with E-state index in [9.17, 15) is 9.90 Å². The number of hydrogen-bond acceptors (Lipinski definition) is 4. The third-order valence-electron chi connectivity index (χ3n) is 5.10. The molecule has 2 heterocycles. The molecule has 3 aliphatic rings. The summed E-state index contributed by atoms with van der Waals surface area (Å²) >= 11 is 0. The van der Waals surface area contributed by atoms with Crippen LogP contribution in [0.1, 0.15) is 38.5 Å². The first-order valence-electron chi connectivity index (χ1n) is 8.05. The molecule has 0 bridgehead atoms. The molecule has 2 aliphatic heterocycles. The molecule has 1 saturated carbocycles. The highest BCUT2D eigenvalue weighted by Gasteiger charge is 2.37. The minimum Gasteiger partial charge on any atom is -0.394 e. The van der Waals surface area contributed by atoms with E-state index in [1.165, 1.54) is 32.1 Å². The minimum absolute atomic E-state index is 0.00737. The molecule has 2 N–H and O–H groups in total. The van der Waals surface area contributed by atoms with Crippen molar-refractivity contribution in [2.75, 3.05) is 26.3 Å². The third-order valence-corrected chi connectivity index (χ3v) is 5.10. The van der Waals surface area contributed by atoms with E-state index in [2.05, 4.69) is 5.32 Å². The molecule has 2 saturated heterocycles. The lowest BCUT2D eigenvalue weighted by atomic mass is 9.77. The summed E-state index contributed by atoms with van der Waals surface area (Å²) in [6.45, 7) is 1.71. The van der Waals surface area contributed by atoms with Crippen molar-refractivity contribution in [1.29, 1.82) is 0 Å². The van der Waals surface area contributed by atoms with Crippen LogP contribution in [-0.4, -0.2) is 60.4 Å². The number of morpholine rings is 1. The van der Waals surface area contributed by atoms with Crippen molar-refractivity contribution in [3.63, 3.8) is 0 Å². The Labute approximate surface area is 120 Å². The summed E-state index contributed by atoms with van der Waals surface area (Å²) in [5.41, 5.74) is 0. The number of ether oxygens (including phenoxy) is 1. The van der Waals surface area contributed by atoms with Crippen LogP contribution in [0.15, 0.2) is 0 Å². The highest BCUT2D eigenvalue weighted by Crippen LogP contribution is 2.32. The average Bonchev–Trinajstić information content (AvgIpc) is 2.53. The highest BCUT2D eigenvalue weighted by atomic mass is 16.5. The van der Waals surface area contributed by atoms with Crippen LogP contribution in [0.3, 0.4) is 0 Å². The predicted molar refractivity (Wildman–Crippen MR) is 75.3 cm³/mol. The van der Waals surface area contributed by atoms with Crippen LogP contribution in [0.25, 0.3) is 0 Å². The Kier molecular flexibility index (Phi) is 4.58. The van der Waals surface area contributed by atoms with Gasteiger partial charge in [-0.05, 0) is 31.6 Å². The summed E-state index contributed by atoms with van der Waals surface area (Å²) in [5.74, 6) is 0.985. The van der Waals surface area contributed by atoms with E-state index >= 15 is 0 Å². The average molecular weight is 282 g/mol. The van der Waals surface area contributed by atoms with Crippen molar-refractivity contribution in [1.82, 2.24) is 10.2 Å². The molecule has 1 aliphatic carbocycles. The van der Waals surface area contributed by atoms with E-state index in [0.717, 1.165) is 12.3 Å². The minimum atomic E-state index is -0.210. The molecular formula is C15H26N2O3. The summed E-state index contributed by atoms with van der Waals surface area (Å²) in [5, 5.41) is 12.8. The van der Waals surface area contributed by atoms with E-state index in [4.69, 9.17) is 4.74 Å². The smallest absolute Gasteiger partial charge is 0.239 e. The second-order valence-corrected chi connectivity index (χ2v) is 6.41. The fourth-order valence-electron chi connectivity index (χ4n) is 3.94. The summed E-state index contributed by atoms with van der Waals surface area (Å²) in [4.78, 5) is 14.5. The van der Waals surface area contributed by atoms with Crippen LogP contribution in [0.5, 0.6) is 0 Å². The predicted octanol–water partition coefficient (Wildman–Crippen LogP) is 0.517. The zero-order valence-corrected chi connectivity index (χ0v) is 12.1. The normalized spacial score (nSPS) is 38.4. The molecule has 3 rings (SSSR count).